The van der Waals surface area contributed by atoms with E-state index in [4.69, 9.17) is 5.73 Å². The van der Waals surface area contributed by atoms with Gasteiger partial charge in [-0.15, -0.1) is 0 Å². The van der Waals surface area contributed by atoms with Gasteiger partial charge in [0.25, 0.3) is 0 Å². The van der Waals surface area contributed by atoms with Crippen LogP contribution in [0.3, 0.4) is 0 Å². The molecule has 0 saturated carbocycles. The lowest BCUT2D eigenvalue weighted by Gasteiger charge is -2.14. The molecule has 0 aliphatic carbocycles. The molecule has 0 bridgehead atoms. The molecule has 0 aromatic heterocycles. The monoisotopic (exact) mass is 127 g/mol. The smallest absolute Gasteiger partial charge is 0.153 e. The van der Waals surface area contributed by atoms with Gasteiger partial charge in [-0.2, -0.15) is 0 Å². The van der Waals surface area contributed by atoms with E-state index in [0.717, 1.165) is 12.3 Å². The first kappa shape index (κ1) is 9.02. The van der Waals surface area contributed by atoms with Gasteiger partial charge >= 0.3 is 0 Å². The third kappa shape index (κ3) is 4.52. The molecule has 1 atom stereocenters. The molecular weight excluding hydrogens is 109 g/mol. The Balaban J connectivity index is 3.38. The van der Waals surface area contributed by atoms with E-state index in [2.05, 4.69) is 27.5 Å². The summed E-state index contributed by atoms with van der Waals surface area (Å²) in [6, 6.07) is 0. The summed E-state index contributed by atoms with van der Waals surface area (Å²) in [5.74, 6) is 1.13. The van der Waals surface area contributed by atoms with E-state index in [1.807, 2.05) is 0 Å². The predicted octanol–water partition coefficient (Wildman–Crippen LogP) is 1.65. The average Bonchev–Trinajstić information content (AvgIpc) is 1.63. The van der Waals surface area contributed by atoms with E-state index in [-0.39, 0.29) is 0 Å². The zero-order valence-electron chi connectivity index (χ0n) is 7.02. The fourth-order valence-electron chi connectivity index (χ4n) is 0.816. The third-order valence-corrected chi connectivity index (χ3v) is 1.60. The first-order valence-electron chi connectivity index (χ1n) is 3.79. The van der Waals surface area contributed by atoms with E-state index in [9.17, 15) is 0 Å². The Bertz CT molecular complexity index is 71.3. The topological polar surface area (TPSA) is 26.0 Å². The van der Waals surface area contributed by atoms with E-state index < -0.39 is 0 Å². The van der Waals surface area contributed by atoms with Crippen molar-refractivity contribution in [2.24, 2.45) is 11.7 Å². The van der Waals surface area contributed by atoms with Gasteiger partial charge in [-0.25, -0.2) is 0 Å². The highest BCUT2D eigenvalue weighted by atomic mass is 14.6. The Morgan fingerprint density at radius 1 is 1.33 bits per heavy atom. The SMILES string of the molecule is CB(C)[C@@H](N)CC(C)C. The summed E-state index contributed by atoms with van der Waals surface area (Å²) in [6.45, 7) is 9.40. The molecule has 0 unspecified atom stereocenters. The van der Waals surface area contributed by atoms with Crippen molar-refractivity contribution in [3.8, 4) is 0 Å². The largest absolute Gasteiger partial charge is 0.335 e. The lowest BCUT2D eigenvalue weighted by Crippen LogP contribution is -2.34. The number of rotatable bonds is 3. The Labute approximate surface area is 59.1 Å². The molecule has 2 heteroatoms. The summed E-state index contributed by atoms with van der Waals surface area (Å²) in [7, 11) is 0. The summed E-state index contributed by atoms with van der Waals surface area (Å²) in [6.07, 6.45) is 1.15. The lowest BCUT2D eigenvalue weighted by atomic mass is 9.47. The van der Waals surface area contributed by atoms with Crippen molar-refractivity contribution < 1.29 is 0 Å². The van der Waals surface area contributed by atoms with E-state index in [1.165, 1.54) is 0 Å². The Morgan fingerprint density at radius 2 is 1.78 bits per heavy atom. The van der Waals surface area contributed by atoms with Gasteiger partial charge in [0.05, 0.1) is 0 Å². The Morgan fingerprint density at radius 3 is 1.89 bits per heavy atom. The second kappa shape index (κ2) is 3.94. The van der Waals surface area contributed by atoms with Crippen molar-refractivity contribution >= 4 is 6.71 Å². The highest BCUT2D eigenvalue weighted by molar-refractivity contribution is 6.57. The van der Waals surface area contributed by atoms with Crippen LogP contribution < -0.4 is 5.73 Å². The van der Waals surface area contributed by atoms with Crippen molar-refractivity contribution in [3.05, 3.63) is 0 Å². The third-order valence-electron chi connectivity index (χ3n) is 1.60. The van der Waals surface area contributed by atoms with Crippen molar-refractivity contribution in [2.75, 3.05) is 0 Å². The summed E-state index contributed by atoms with van der Waals surface area (Å²) < 4.78 is 0. The van der Waals surface area contributed by atoms with Crippen LogP contribution in [0, 0.1) is 5.92 Å². The van der Waals surface area contributed by atoms with Gasteiger partial charge in [-0.1, -0.05) is 27.5 Å². The van der Waals surface area contributed by atoms with Gasteiger partial charge < -0.3 is 5.73 Å². The molecule has 1 nitrogen and oxygen atoms in total. The fourth-order valence-corrected chi connectivity index (χ4v) is 0.816. The van der Waals surface area contributed by atoms with Crippen LogP contribution in [0.15, 0.2) is 0 Å². The standard InChI is InChI=1S/C7H18BN/c1-6(2)5-7(9)8(3)4/h6-7H,5,9H2,1-4H3/t7-/m0/s1. The Hall–Kier alpha value is 0.0249. The maximum Gasteiger partial charge on any atom is 0.153 e. The minimum atomic E-state index is 0.394. The summed E-state index contributed by atoms with van der Waals surface area (Å²) in [5.41, 5.74) is 5.82. The van der Waals surface area contributed by atoms with Gasteiger partial charge in [0.15, 0.2) is 6.71 Å². The zero-order chi connectivity index (χ0) is 7.44. The van der Waals surface area contributed by atoms with Crippen LogP contribution in [0.2, 0.25) is 13.6 Å². The van der Waals surface area contributed by atoms with Crippen molar-refractivity contribution in [2.45, 2.75) is 39.9 Å². The predicted molar refractivity (Wildman–Crippen MR) is 44.9 cm³/mol. The van der Waals surface area contributed by atoms with Crippen LogP contribution in [-0.4, -0.2) is 12.7 Å². The van der Waals surface area contributed by atoms with E-state index in [0.29, 0.717) is 12.7 Å². The molecule has 0 fully saturated rings. The number of hydrogen-bond donors (Lipinski definition) is 1. The molecule has 0 amide bonds. The minimum absolute atomic E-state index is 0.394. The highest BCUT2D eigenvalue weighted by Gasteiger charge is 2.11. The summed E-state index contributed by atoms with van der Waals surface area (Å²) >= 11 is 0. The second-order valence-corrected chi connectivity index (χ2v) is 3.54. The lowest BCUT2D eigenvalue weighted by molar-refractivity contribution is 0.565. The summed E-state index contributed by atoms with van der Waals surface area (Å²) in [4.78, 5) is 0. The minimum Gasteiger partial charge on any atom is -0.335 e. The van der Waals surface area contributed by atoms with Crippen LogP contribution in [-0.2, 0) is 0 Å². The van der Waals surface area contributed by atoms with Gasteiger partial charge in [-0.3, -0.25) is 0 Å². The molecule has 0 spiro atoms. The van der Waals surface area contributed by atoms with Crippen LogP contribution in [0.5, 0.6) is 0 Å². The van der Waals surface area contributed by atoms with Crippen molar-refractivity contribution in [3.63, 3.8) is 0 Å². The van der Waals surface area contributed by atoms with Crippen molar-refractivity contribution in [1.82, 2.24) is 0 Å². The average molecular weight is 127 g/mol. The van der Waals surface area contributed by atoms with Gasteiger partial charge in [0, 0.05) is 0 Å². The van der Waals surface area contributed by atoms with E-state index >= 15 is 0 Å². The first-order chi connectivity index (χ1) is 4.04. The Kier molecular flexibility index (Phi) is 3.95. The maximum atomic E-state index is 5.82. The molecule has 2 N–H and O–H groups in total. The molecule has 9 heavy (non-hydrogen) atoms. The van der Waals surface area contributed by atoms with Crippen LogP contribution >= 0.6 is 0 Å². The highest BCUT2D eigenvalue weighted by Crippen LogP contribution is 2.04. The normalized spacial score (nSPS) is 14.0. The van der Waals surface area contributed by atoms with E-state index in [1.54, 1.807) is 0 Å². The summed E-state index contributed by atoms with van der Waals surface area (Å²) in [5, 5.41) is 0. The first-order valence-corrected chi connectivity index (χ1v) is 3.79. The molecule has 0 radical (unpaired) electrons. The second-order valence-electron chi connectivity index (χ2n) is 3.54. The van der Waals surface area contributed by atoms with Gasteiger partial charge in [0.2, 0.25) is 0 Å². The molecule has 54 valence electrons. The van der Waals surface area contributed by atoms with Gasteiger partial charge in [0.1, 0.15) is 0 Å². The van der Waals surface area contributed by atoms with Crippen LogP contribution in [0.1, 0.15) is 20.3 Å². The van der Waals surface area contributed by atoms with Gasteiger partial charge in [-0.05, 0) is 18.3 Å². The number of hydrogen-bond acceptors (Lipinski definition) is 1. The fraction of sp³-hybridized carbons (Fsp3) is 1.00. The quantitative estimate of drug-likeness (QED) is 0.573. The van der Waals surface area contributed by atoms with Crippen molar-refractivity contribution in [1.29, 1.82) is 0 Å². The molecule has 0 heterocycles. The van der Waals surface area contributed by atoms with Crippen LogP contribution in [0.25, 0.3) is 0 Å². The molecule has 0 rings (SSSR count). The molecule has 0 aromatic carbocycles. The molecule has 0 aliphatic heterocycles. The van der Waals surface area contributed by atoms with Crippen LogP contribution in [0.4, 0.5) is 0 Å². The maximum absolute atomic E-state index is 5.82. The molecule has 0 aromatic rings. The number of nitrogens with two attached hydrogens (primary N) is 1. The molecule has 0 aliphatic rings. The zero-order valence-corrected chi connectivity index (χ0v) is 7.02. The molecule has 0 saturated heterocycles. The molecular formula is C7H18BN.